The molecule has 0 fully saturated rings. The molecule has 0 radical (unpaired) electrons. The summed E-state index contributed by atoms with van der Waals surface area (Å²) in [6, 6.07) is 13.1. The van der Waals surface area contributed by atoms with Gasteiger partial charge in [0.25, 0.3) is 0 Å². The smallest absolute Gasteiger partial charge is 0.306 e. The number of hydrogen-bond donors (Lipinski definition) is 0. The highest BCUT2D eigenvalue weighted by molar-refractivity contribution is 7.12. The zero-order valence-corrected chi connectivity index (χ0v) is 11.2. The molecule has 0 unspecified atom stereocenters. The Balaban J connectivity index is 1.72. The molecule has 1 aromatic heterocycles. The van der Waals surface area contributed by atoms with Crippen LogP contribution in [0.25, 0.3) is 0 Å². The number of esters is 1. The number of carbonyl (C=O) groups excluding carboxylic acids is 2. The van der Waals surface area contributed by atoms with Crippen LogP contribution in [0.15, 0.2) is 47.8 Å². The van der Waals surface area contributed by atoms with Gasteiger partial charge in [-0.15, -0.1) is 11.3 Å². The number of ether oxygens (including phenoxy) is 1. The Kier molecular flexibility index (Phi) is 4.86. The SMILES string of the molecule is O=C(CCC(=O)c1cccs1)OCc1ccccc1. The van der Waals surface area contributed by atoms with E-state index >= 15 is 0 Å². The van der Waals surface area contributed by atoms with E-state index < -0.39 is 0 Å². The zero-order valence-electron chi connectivity index (χ0n) is 10.4. The summed E-state index contributed by atoms with van der Waals surface area (Å²) in [5.41, 5.74) is 0.945. The third kappa shape index (κ3) is 4.34. The Labute approximate surface area is 115 Å². The molecule has 19 heavy (non-hydrogen) atoms. The maximum Gasteiger partial charge on any atom is 0.306 e. The van der Waals surface area contributed by atoms with Gasteiger partial charge in [0.15, 0.2) is 5.78 Å². The van der Waals surface area contributed by atoms with Crippen molar-refractivity contribution in [1.82, 2.24) is 0 Å². The molecule has 1 aromatic carbocycles. The van der Waals surface area contributed by atoms with Crippen LogP contribution in [0.5, 0.6) is 0 Å². The van der Waals surface area contributed by atoms with Gasteiger partial charge in [0.05, 0.1) is 11.3 Å². The van der Waals surface area contributed by atoms with Crippen molar-refractivity contribution in [3.05, 3.63) is 58.3 Å². The molecule has 0 N–H and O–H groups in total. The van der Waals surface area contributed by atoms with E-state index in [1.54, 1.807) is 6.07 Å². The topological polar surface area (TPSA) is 43.4 Å². The van der Waals surface area contributed by atoms with E-state index in [4.69, 9.17) is 4.74 Å². The molecule has 4 heteroatoms. The highest BCUT2D eigenvalue weighted by Crippen LogP contribution is 2.12. The molecule has 0 bridgehead atoms. The Bertz CT molecular complexity index is 532. The fourth-order valence-corrected chi connectivity index (χ4v) is 2.28. The van der Waals surface area contributed by atoms with Gasteiger partial charge in [-0.2, -0.15) is 0 Å². The van der Waals surface area contributed by atoms with Gasteiger partial charge in [-0.25, -0.2) is 0 Å². The molecule has 0 atom stereocenters. The van der Waals surface area contributed by atoms with Gasteiger partial charge in [-0.05, 0) is 17.0 Å². The molecule has 1 heterocycles. The normalized spacial score (nSPS) is 10.1. The molecule has 2 rings (SSSR count). The van der Waals surface area contributed by atoms with Crippen molar-refractivity contribution in [2.45, 2.75) is 19.4 Å². The second-order valence-electron chi connectivity index (χ2n) is 4.05. The molecule has 0 amide bonds. The molecular weight excluding hydrogens is 260 g/mol. The Morgan fingerprint density at radius 3 is 2.47 bits per heavy atom. The Hall–Kier alpha value is -1.94. The molecule has 98 valence electrons. The lowest BCUT2D eigenvalue weighted by Gasteiger charge is -2.04. The lowest BCUT2D eigenvalue weighted by atomic mass is 10.2. The summed E-state index contributed by atoms with van der Waals surface area (Å²) >= 11 is 1.39. The minimum absolute atomic E-state index is 0.00772. The minimum atomic E-state index is -0.339. The van der Waals surface area contributed by atoms with Crippen molar-refractivity contribution in [2.24, 2.45) is 0 Å². The van der Waals surface area contributed by atoms with Crippen LogP contribution in [0, 0.1) is 0 Å². The number of thiophene rings is 1. The van der Waals surface area contributed by atoms with Gasteiger partial charge in [-0.1, -0.05) is 36.4 Å². The maximum atomic E-state index is 11.7. The average molecular weight is 274 g/mol. The Morgan fingerprint density at radius 2 is 1.79 bits per heavy atom. The molecule has 0 spiro atoms. The lowest BCUT2D eigenvalue weighted by Crippen LogP contribution is -2.07. The van der Waals surface area contributed by atoms with E-state index in [0.717, 1.165) is 5.56 Å². The van der Waals surface area contributed by atoms with Crippen molar-refractivity contribution in [3.8, 4) is 0 Å². The summed E-state index contributed by atoms with van der Waals surface area (Å²) in [7, 11) is 0. The zero-order chi connectivity index (χ0) is 13.5. The number of rotatable bonds is 6. The van der Waals surface area contributed by atoms with Gasteiger partial charge in [0.2, 0.25) is 0 Å². The van der Waals surface area contributed by atoms with Crippen molar-refractivity contribution in [3.63, 3.8) is 0 Å². The predicted octanol–water partition coefficient (Wildman–Crippen LogP) is 3.45. The summed E-state index contributed by atoms with van der Waals surface area (Å²) < 4.78 is 5.11. The molecule has 0 aliphatic carbocycles. The Morgan fingerprint density at radius 1 is 1.00 bits per heavy atom. The second-order valence-corrected chi connectivity index (χ2v) is 4.99. The lowest BCUT2D eigenvalue weighted by molar-refractivity contribution is -0.144. The molecule has 0 aliphatic rings. The van der Waals surface area contributed by atoms with Gasteiger partial charge >= 0.3 is 5.97 Å². The summed E-state index contributed by atoms with van der Waals surface area (Å²) in [4.78, 5) is 23.9. The van der Waals surface area contributed by atoms with Gasteiger partial charge < -0.3 is 4.74 Å². The van der Waals surface area contributed by atoms with E-state index in [9.17, 15) is 9.59 Å². The quantitative estimate of drug-likeness (QED) is 0.598. The van der Waals surface area contributed by atoms with Gasteiger partial charge in [0.1, 0.15) is 6.61 Å². The van der Waals surface area contributed by atoms with Crippen LogP contribution < -0.4 is 0 Å². The van der Waals surface area contributed by atoms with Crippen LogP contribution >= 0.6 is 11.3 Å². The highest BCUT2D eigenvalue weighted by Gasteiger charge is 2.10. The average Bonchev–Trinajstić information content (AvgIpc) is 2.98. The molecule has 0 aliphatic heterocycles. The van der Waals surface area contributed by atoms with Crippen molar-refractivity contribution >= 4 is 23.1 Å². The fraction of sp³-hybridized carbons (Fsp3) is 0.200. The molecule has 0 saturated heterocycles. The molecular formula is C15H14O3S. The first kappa shape index (κ1) is 13.5. The monoisotopic (exact) mass is 274 g/mol. The maximum absolute atomic E-state index is 11.7. The number of Topliss-reactive ketones (excluding diaryl/α,β-unsaturated/α-hetero) is 1. The minimum Gasteiger partial charge on any atom is -0.461 e. The van der Waals surface area contributed by atoms with Crippen LogP contribution in [0.2, 0.25) is 0 Å². The van der Waals surface area contributed by atoms with E-state index in [-0.39, 0.29) is 31.2 Å². The van der Waals surface area contributed by atoms with E-state index in [1.165, 1.54) is 11.3 Å². The molecule has 2 aromatic rings. The third-order valence-electron chi connectivity index (χ3n) is 2.59. The number of hydrogen-bond acceptors (Lipinski definition) is 4. The van der Waals surface area contributed by atoms with Gasteiger partial charge in [-0.3, -0.25) is 9.59 Å². The summed E-state index contributed by atoms with van der Waals surface area (Å²) in [5.74, 6) is -0.347. The van der Waals surface area contributed by atoms with Crippen molar-refractivity contribution < 1.29 is 14.3 Å². The van der Waals surface area contributed by atoms with E-state index in [2.05, 4.69) is 0 Å². The predicted molar refractivity (Wildman–Crippen MR) is 74.1 cm³/mol. The van der Waals surface area contributed by atoms with Crippen molar-refractivity contribution in [2.75, 3.05) is 0 Å². The van der Waals surface area contributed by atoms with Crippen LogP contribution in [0.4, 0.5) is 0 Å². The first-order valence-corrected chi connectivity index (χ1v) is 6.90. The van der Waals surface area contributed by atoms with Crippen LogP contribution in [-0.2, 0) is 16.1 Å². The van der Waals surface area contributed by atoms with Crippen LogP contribution in [-0.4, -0.2) is 11.8 Å². The van der Waals surface area contributed by atoms with E-state index in [1.807, 2.05) is 41.8 Å². The number of benzene rings is 1. The largest absolute Gasteiger partial charge is 0.461 e. The second kappa shape index (κ2) is 6.85. The number of carbonyl (C=O) groups is 2. The van der Waals surface area contributed by atoms with Crippen LogP contribution in [0.1, 0.15) is 28.1 Å². The third-order valence-corrected chi connectivity index (χ3v) is 3.51. The first-order valence-electron chi connectivity index (χ1n) is 6.02. The molecule has 3 nitrogen and oxygen atoms in total. The first-order chi connectivity index (χ1) is 9.25. The summed E-state index contributed by atoms with van der Waals surface area (Å²) in [5, 5.41) is 1.85. The van der Waals surface area contributed by atoms with Crippen molar-refractivity contribution in [1.29, 1.82) is 0 Å². The number of ketones is 1. The fourth-order valence-electron chi connectivity index (χ4n) is 1.59. The summed E-state index contributed by atoms with van der Waals surface area (Å²) in [6.07, 6.45) is 0.331. The molecule has 0 saturated carbocycles. The van der Waals surface area contributed by atoms with Gasteiger partial charge in [0, 0.05) is 6.42 Å². The summed E-state index contributed by atoms with van der Waals surface area (Å²) in [6.45, 7) is 0.257. The van der Waals surface area contributed by atoms with E-state index in [0.29, 0.717) is 4.88 Å². The highest BCUT2D eigenvalue weighted by atomic mass is 32.1. The standard InChI is InChI=1S/C15H14O3S/c16-13(14-7-4-10-19-14)8-9-15(17)18-11-12-5-2-1-3-6-12/h1-7,10H,8-9,11H2. The van der Waals surface area contributed by atoms with Crippen LogP contribution in [0.3, 0.4) is 0 Å².